The molecule has 0 spiro atoms. The maximum absolute atomic E-state index is 11.0. The van der Waals surface area contributed by atoms with Crippen LogP contribution in [0.5, 0.6) is 0 Å². The third-order valence-corrected chi connectivity index (χ3v) is 3.28. The van der Waals surface area contributed by atoms with Gasteiger partial charge in [-0.15, -0.1) is 0 Å². The summed E-state index contributed by atoms with van der Waals surface area (Å²) in [5.41, 5.74) is 0. The Morgan fingerprint density at radius 3 is 2.35 bits per heavy atom. The van der Waals surface area contributed by atoms with E-state index >= 15 is 0 Å². The molecule has 1 heterocycles. The van der Waals surface area contributed by atoms with Gasteiger partial charge in [0.05, 0.1) is 0 Å². The number of amides is 1. The molecular weight excluding hydrogens is 210 g/mol. The zero-order valence-electron chi connectivity index (χ0n) is 12.4. The van der Waals surface area contributed by atoms with Gasteiger partial charge in [-0.25, -0.2) is 0 Å². The summed E-state index contributed by atoms with van der Waals surface area (Å²) >= 11 is 0. The first-order valence-corrected chi connectivity index (χ1v) is 7.34. The van der Waals surface area contributed by atoms with Crippen LogP contribution in [0.3, 0.4) is 0 Å². The van der Waals surface area contributed by atoms with E-state index in [9.17, 15) is 4.79 Å². The second-order valence-electron chi connectivity index (χ2n) is 5.54. The number of hydrogen-bond acceptors (Lipinski definition) is 1. The summed E-state index contributed by atoms with van der Waals surface area (Å²) in [6.45, 7) is 11.8. The van der Waals surface area contributed by atoms with Gasteiger partial charge in [0.25, 0.3) is 0 Å². The van der Waals surface area contributed by atoms with E-state index in [-0.39, 0.29) is 5.91 Å². The molecule has 2 heteroatoms. The molecule has 0 bridgehead atoms. The van der Waals surface area contributed by atoms with Gasteiger partial charge in [-0.3, -0.25) is 4.79 Å². The zero-order chi connectivity index (χ0) is 13.3. The molecule has 1 amide bonds. The molecule has 2 atom stereocenters. The molecule has 0 radical (unpaired) electrons. The Kier molecular flexibility index (Phi) is 9.20. The van der Waals surface area contributed by atoms with E-state index in [0.29, 0.717) is 5.92 Å². The molecule has 0 aromatic carbocycles. The van der Waals surface area contributed by atoms with Crippen molar-refractivity contribution < 1.29 is 4.79 Å². The molecule has 0 aromatic rings. The predicted molar refractivity (Wildman–Crippen MR) is 74.9 cm³/mol. The van der Waals surface area contributed by atoms with Crippen molar-refractivity contribution in [2.24, 2.45) is 17.8 Å². The Balaban J connectivity index is 0.00000121. The highest BCUT2D eigenvalue weighted by Gasteiger charge is 2.22. The van der Waals surface area contributed by atoms with Crippen molar-refractivity contribution in [3.63, 3.8) is 0 Å². The second-order valence-corrected chi connectivity index (χ2v) is 5.54. The first kappa shape index (κ1) is 16.5. The van der Waals surface area contributed by atoms with Gasteiger partial charge in [0.1, 0.15) is 0 Å². The quantitative estimate of drug-likeness (QED) is 0.748. The van der Waals surface area contributed by atoms with Crippen LogP contribution in [0.2, 0.25) is 0 Å². The van der Waals surface area contributed by atoms with Crippen molar-refractivity contribution in [2.45, 2.75) is 66.7 Å². The Labute approximate surface area is 108 Å². The summed E-state index contributed by atoms with van der Waals surface area (Å²) < 4.78 is 0. The van der Waals surface area contributed by atoms with Gasteiger partial charge >= 0.3 is 0 Å². The van der Waals surface area contributed by atoms with Crippen molar-refractivity contribution in [1.82, 2.24) is 5.32 Å². The average molecular weight is 241 g/mol. The van der Waals surface area contributed by atoms with Gasteiger partial charge in [0, 0.05) is 13.0 Å². The maximum atomic E-state index is 11.0. The van der Waals surface area contributed by atoms with E-state index in [4.69, 9.17) is 0 Å². The molecule has 1 fully saturated rings. The molecule has 1 N–H and O–H groups in total. The Hall–Kier alpha value is -0.530. The lowest BCUT2D eigenvalue weighted by Gasteiger charge is -2.15. The first-order chi connectivity index (χ1) is 8.08. The predicted octanol–water partition coefficient (Wildman–Crippen LogP) is 4.00. The van der Waals surface area contributed by atoms with Gasteiger partial charge < -0.3 is 5.32 Å². The summed E-state index contributed by atoms with van der Waals surface area (Å²) in [6.07, 6.45) is 5.98. The minimum atomic E-state index is 0.245. The van der Waals surface area contributed by atoms with Gasteiger partial charge in [-0.05, 0) is 24.2 Å². The number of rotatable bonds is 6. The van der Waals surface area contributed by atoms with Gasteiger partial charge in [0.15, 0.2) is 0 Å². The van der Waals surface area contributed by atoms with E-state index < -0.39 is 0 Å². The van der Waals surface area contributed by atoms with Crippen molar-refractivity contribution in [1.29, 1.82) is 0 Å². The molecule has 2 nitrogen and oxygen atoms in total. The van der Waals surface area contributed by atoms with Crippen LogP contribution in [0.4, 0.5) is 0 Å². The summed E-state index contributed by atoms with van der Waals surface area (Å²) in [5.74, 6) is 2.45. The number of carbonyl (C=O) groups excluding carboxylic acids is 1. The molecule has 1 rings (SSSR count). The standard InChI is InChI=1S/C13H25NO.C2H6/c1-10(2)5-4-6-11(3)7-12-8-13(15)14-9-12;1-2/h10-12H,4-9H2,1-3H3,(H,14,15);1-2H3/t11-,12?;/m0./s1. The summed E-state index contributed by atoms with van der Waals surface area (Å²) in [4.78, 5) is 11.0. The van der Waals surface area contributed by atoms with Crippen molar-refractivity contribution in [2.75, 3.05) is 6.54 Å². The van der Waals surface area contributed by atoms with Crippen LogP contribution in [0.25, 0.3) is 0 Å². The smallest absolute Gasteiger partial charge is 0.220 e. The van der Waals surface area contributed by atoms with E-state index in [1.807, 2.05) is 13.8 Å². The van der Waals surface area contributed by atoms with Gasteiger partial charge in [-0.2, -0.15) is 0 Å². The minimum Gasteiger partial charge on any atom is -0.356 e. The summed E-state index contributed by atoms with van der Waals surface area (Å²) in [5, 5.41) is 2.91. The lowest BCUT2D eigenvalue weighted by Crippen LogP contribution is -2.14. The van der Waals surface area contributed by atoms with Crippen LogP contribution in [0.1, 0.15) is 66.7 Å². The molecule has 1 unspecified atom stereocenters. The van der Waals surface area contributed by atoms with Gasteiger partial charge in [-0.1, -0.05) is 53.9 Å². The van der Waals surface area contributed by atoms with E-state index in [2.05, 4.69) is 26.1 Å². The van der Waals surface area contributed by atoms with E-state index in [0.717, 1.165) is 24.8 Å². The molecule has 102 valence electrons. The Morgan fingerprint density at radius 1 is 1.24 bits per heavy atom. The fourth-order valence-corrected chi connectivity index (χ4v) is 2.39. The van der Waals surface area contributed by atoms with Gasteiger partial charge in [0.2, 0.25) is 5.91 Å². The third-order valence-electron chi connectivity index (χ3n) is 3.28. The van der Waals surface area contributed by atoms with Crippen molar-refractivity contribution in [3.05, 3.63) is 0 Å². The lowest BCUT2D eigenvalue weighted by molar-refractivity contribution is -0.119. The fraction of sp³-hybridized carbons (Fsp3) is 0.933. The number of hydrogen-bond donors (Lipinski definition) is 1. The fourth-order valence-electron chi connectivity index (χ4n) is 2.39. The van der Waals surface area contributed by atoms with Crippen LogP contribution in [0, 0.1) is 17.8 Å². The molecule has 17 heavy (non-hydrogen) atoms. The first-order valence-electron chi connectivity index (χ1n) is 7.34. The highest BCUT2D eigenvalue weighted by Crippen LogP contribution is 2.23. The molecular formula is C15H31NO. The second kappa shape index (κ2) is 9.49. The SMILES string of the molecule is CC.CC(C)CCC[C@H](C)CC1CNC(=O)C1. The Morgan fingerprint density at radius 2 is 1.88 bits per heavy atom. The number of nitrogens with one attached hydrogen (secondary N) is 1. The normalized spacial score (nSPS) is 20.8. The minimum absolute atomic E-state index is 0.245. The van der Waals surface area contributed by atoms with Crippen molar-refractivity contribution >= 4 is 5.91 Å². The molecule has 1 aliphatic rings. The monoisotopic (exact) mass is 241 g/mol. The van der Waals surface area contributed by atoms with Crippen LogP contribution in [-0.2, 0) is 4.79 Å². The molecule has 1 aliphatic heterocycles. The topological polar surface area (TPSA) is 29.1 Å². The van der Waals surface area contributed by atoms with Crippen LogP contribution >= 0.6 is 0 Å². The molecule has 0 aromatic heterocycles. The highest BCUT2D eigenvalue weighted by molar-refractivity contribution is 5.78. The van der Waals surface area contributed by atoms with E-state index in [1.54, 1.807) is 0 Å². The zero-order valence-corrected chi connectivity index (χ0v) is 12.4. The van der Waals surface area contributed by atoms with Crippen molar-refractivity contribution in [3.8, 4) is 0 Å². The highest BCUT2D eigenvalue weighted by atomic mass is 16.1. The van der Waals surface area contributed by atoms with Crippen LogP contribution in [-0.4, -0.2) is 12.5 Å². The summed E-state index contributed by atoms with van der Waals surface area (Å²) in [6, 6.07) is 0. The third kappa shape index (κ3) is 8.23. The molecule has 0 saturated carbocycles. The average Bonchev–Trinajstić information content (AvgIpc) is 2.66. The Bertz CT molecular complexity index is 201. The van der Waals surface area contributed by atoms with E-state index in [1.165, 1.54) is 25.7 Å². The maximum Gasteiger partial charge on any atom is 0.220 e. The van der Waals surface area contributed by atoms with Crippen LogP contribution in [0.15, 0.2) is 0 Å². The van der Waals surface area contributed by atoms with Crippen LogP contribution < -0.4 is 5.32 Å². The summed E-state index contributed by atoms with van der Waals surface area (Å²) in [7, 11) is 0. The molecule has 0 aliphatic carbocycles. The lowest BCUT2D eigenvalue weighted by atomic mass is 9.90. The molecule has 1 saturated heterocycles. The largest absolute Gasteiger partial charge is 0.356 e. The number of carbonyl (C=O) groups is 1.